The third kappa shape index (κ3) is 4.04. The lowest BCUT2D eigenvalue weighted by Gasteiger charge is -2.33. The van der Waals surface area contributed by atoms with Crippen LogP contribution < -0.4 is 5.32 Å². The molecule has 142 valence electrons. The molecule has 9 nitrogen and oxygen atoms in total. The van der Waals surface area contributed by atoms with Gasteiger partial charge in [-0.05, 0) is 33.1 Å². The number of piperidine rings is 1. The standard InChI is InChI=1S/C17H25N5O4/c1-11-13(12(2)25-20-11)10-18-17(23)22-8-5-4-6-14(22)16-19-15(21-26-16)7-9-24-3/h14H,4-10H2,1-3H3,(H,18,23)/t14-/m0/s1. The summed E-state index contributed by atoms with van der Waals surface area (Å²) in [6, 6.07) is -0.344. The minimum atomic E-state index is -0.197. The van der Waals surface area contributed by atoms with Crippen molar-refractivity contribution in [3.8, 4) is 0 Å². The number of hydrogen-bond acceptors (Lipinski definition) is 7. The summed E-state index contributed by atoms with van der Waals surface area (Å²) in [5, 5.41) is 10.9. The van der Waals surface area contributed by atoms with Crippen LogP contribution in [0.2, 0.25) is 0 Å². The Balaban J connectivity index is 1.66. The Kier molecular flexibility index (Phi) is 5.87. The summed E-state index contributed by atoms with van der Waals surface area (Å²) in [7, 11) is 1.63. The largest absolute Gasteiger partial charge is 0.384 e. The Hall–Kier alpha value is -2.42. The van der Waals surface area contributed by atoms with E-state index in [2.05, 4.69) is 20.6 Å². The van der Waals surface area contributed by atoms with Crippen molar-refractivity contribution in [1.82, 2.24) is 25.5 Å². The number of aryl methyl sites for hydroxylation is 2. The number of nitrogens with one attached hydrogen (secondary N) is 1. The SMILES string of the molecule is COCCc1noc([C@@H]2CCCCN2C(=O)NCc2c(C)noc2C)n1. The Morgan fingerprint density at radius 3 is 2.88 bits per heavy atom. The molecule has 3 rings (SSSR count). The van der Waals surface area contributed by atoms with Gasteiger partial charge in [-0.1, -0.05) is 10.3 Å². The third-order valence-electron chi connectivity index (χ3n) is 4.66. The van der Waals surface area contributed by atoms with Crippen LogP contribution in [0.3, 0.4) is 0 Å². The van der Waals surface area contributed by atoms with Crippen molar-refractivity contribution in [2.24, 2.45) is 0 Å². The highest BCUT2D eigenvalue weighted by atomic mass is 16.5. The van der Waals surface area contributed by atoms with Crippen LogP contribution >= 0.6 is 0 Å². The van der Waals surface area contributed by atoms with Gasteiger partial charge in [0.2, 0.25) is 5.89 Å². The number of amides is 2. The van der Waals surface area contributed by atoms with Crippen LogP contribution in [-0.2, 0) is 17.7 Å². The van der Waals surface area contributed by atoms with Gasteiger partial charge >= 0.3 is 6.03 Å². The summed E-state index contributed by atoms with van der Waals surface area (Å²) >= 11 is 0. The first-order valence-corrected chi connectivity index (χ1v) is 8.87. The molecule has 2 aromatic heterocycles. The smallest absolute Gasteiger partial charge is 0.318 e. The van der Waals surface area contributed by atoms with E-state index in [1.54, 1.807) is 12.0 Å². The molecule has 0 unspecified atom stereocenters. The predicted octanol–water partition coefficient (Wildman–Crippen LogP) is 2.30. The molecule has 1 fully saturated rings. The number of carbonyl (C=O) groups excluding carboxylic acids is 1. The van der Waals surface area contributed by atoms with E-state index in [0.29, 0.717) is 37.8 Å². The molecule has 1 atom stereocenters. The summed E-state index contributed by atoms with van der Waals surface area (Å²) in [4.78, 5) is 18.9. The number of rotatable bonds is 6. The van der Waals surface area contributed by atoms with Crippen LogP contribution in [0, 0.1) is 13.8 Å². The zero-order valence-corrected chi connectivity index (χ0v) is 15.4. The highest BCUT2D eigenvalue weighted by molar-refractivity contribution is 5.74. The van der Waals surface area contributed by atoms with Gasteiger partial charge in [-0.25, -0.2) is 4.79 Å². The fourth-order valence-electron chi connectivity index (χ4n) is 3.15. The highest BCUT2D eigenvalue weighted by Gasteiger charge is 2.32. The molecule has 0 spiro atoms. The Morgan fingerprint density at radius 1 is 1.31 bits per heavy atom. The maximum absolute atomic E-state index is 12.7. The first kappa shape index (κ1) is 18.4. The number of aromatic nitrogens is 3. The van der Waals surface area contributed by atoms with Gasteiger partial charge in [0.1, 0.15) is 11.8 Å². The molecular formula is C17H25N5O4. The average molecular weight is 363 g/mol. The molecular weight excluding hydrogens is 338 g/mol. The first-order chi connectivity index (χ1) is 12.6. The molecule has 0 aromatic carbocycles. The Labute approximate surface area is 152 Å². The van der Waals surface area contributed by atoms with Crippen molar-refractivity contribution in [2.75, 3.05) is 20.3 Å². The molecule has 1 saturated heterocycles. The monoisotopic (exact) mass is 363 g/mol. The van der Waals surface area contributed by atoms with Gasteiger partial charge in [-0.2, -0.15) is 4.98 Å². The van der Waals surface area contributed by atoms with Crippen molar-refractivity contribution in [1.29, 1.82) is 0 Å². The predicted molar refractivity (Wildman–Crippen MR) is 91.4 cm³/mol. The minimum absolute atomic E-state index is 0.147. The van der Waals surface area contributed by atoms with E-state index in [0.717, 1.165) is 36.3 Å². The number of likely N-dealkylation sites (tertiary alicyclic amines) is 1. The quantitative estimate of drug-likeness (QED) is 0.839. The van der Waals surface area contributed by atoms with E-state index in [4.69, 9.17) is 13.8 Å². The normalized spacial score (nSPS) is 17.5. The molecule has 26 heavy (non-hydrogen) atoms. The first-order valence-electron chi connectivity index (χ1n) is 8.87. The van der Waals surface area contributed by atoms with E-state index < -0.39 is 0 Å². The lowest BCUT2D eigenvalue weighted by Crippen LogP contribution is -2.44. The second kappa shape index (κ2) is 8.31. The molecule has 1 N–H and O–H groups in total. The van der Waals surface area contributed by atoms with Crippen molar-refractivity contribution < 1.29 is 18.6 Å². The lowest BCUT2D eigenvalue weighted by molar-refractivity contribution is 0.131. The summed E-state index contributed by atoms with van der Waals surface area (Å²) in [5.74, 6) is 1.81. The van der Waals surface area contributed by atoms with Crippen molar-refractivity contribution >= 4 is 6.03 Å². The molecule has 0 radical (unpaired) electrons. The van der Waals surface area contributed by atoms with Gasteiger partial charge in [-0.15, -0.1) is 0 Å². The van der Waals surface area contributed by atoms with Crippen LogP contribution in [0.5, 0.6) is 0 Å². The van der Waals surface area contributed by atoms with Crippen molar-refractivity contribution in [2.45, 2.75) is 52.1 Å². The van der Waals surface area contributed by atoms with E-state index in [1.807, 2.05) is 13.8 Å². The molecule has 0 aliphatic carbocycles. The van der Waals surface area contributed by atoms with E-state index in [-0.39, 0.29) is 12.1 Å². The second-order valence-electron chi connectivity index (χ2n) is 6.46. The number of ether oxygens (including phenoxy) is 1. The molecule has 1 aliphatic rings. The molecule has 2 aromatic rings. The fourth-order valence-corrected chi connectivity index (χ4v) is 3.15. The number of urea groups is 1. The van der Waals surface area contributed by atoms with E-state index >= 15 is 0 Å². The minimum Gasteiger partial charge on any atom is -0.384 e. The fraction of sp³-hybridized carbons (Fsp3) is 0.647. The number of methoxy groups -OCH3 is 1. The van der Waals surface area contributed by atoms with Crippen LogP contribution in [0.15, 0.2) is 9.05 Å². The highest BCUT2D eigenvalue weighted by Crippen LogP contribution is 2.30. The summed E-state index contributed by atoms with van der Waals surface area (Å²) in [6.07, 6.45) is 3.38. The van der Waals surface area contributed by atoms with Gasteiger partial charge in [0, 0.05) is 32.2 Å². The van der Waals surface area contributed by atoms with Crippen molar-refractivity contribution in [3.05, 3.63) is 28.7 Å². The average Bonchev–Trinajstić information content (AvgIpc) is 3.25. The van der Waals surface area contributed by atoms with Gasteiger partial charge in [0.05, 0.1) is 12.3 Å². The van der Waals surface area contributed by atoms with Crippen molar-refractivity contribution in [3.63, 3.8) is 0 Å². The maximum Gasteiger partial charge on any atom is 0.318 e. The number of carbonyl (C=O) groups is 1. The molecule has 0 bridgehead atoms. The molecule has 3 heterocycles. The zero-order valence-electron chi connectivity index (χ0n) is 15.4. The van der Waals surface area contributed by atoms with Gasteiger partial charge in [-0.3, -0.25) is 0 Å². The second-order valence-corrected chi connectivity index (χ2v) is 6.46. The molecule has 2 amide bonds. The zero-order chi connectivity index (χ0) is 18.5. The number of nitrogens with zero attached hydrogens (tertiary/aromatic N) is 4. The summed E-state index contributed by atoms with van der Waals surface area (Å²) < 4.78 is 15.6. The topological polar surface area (TPSA) is 107 Å². The van der Waals surface area contributed by atoms with E-state index in [1.165, 1.54) is 0 Å². The van der Waals surface area contributed by atoms with Gasteiger partial charge < -0.3 is 24.0 Å². The summed E-state index contributed by atoms with van der Waals surface area (Å²) in [5.41, 5.74) is 1.70. The van der Waals surface area contributed by atoms with Gasteiger partial charge in [0.25, 0.3) is 0 Å². The van der Waals surface area contributed by atoms with Crippen LogP contribution in [0.25, 0.3) is 0 Å². The Bertz CT molecular complexity index is 722. The molecule has 1 aliphatic heterocycles. The van der Waals surface area contributed by atoms with E-state index in [9.17, 15) is 4.79 Å². The lowest BCUT2D eigenvalue weighted by atomic mass is 10.0. The molecule has 9 heteroatoms. The van der Waals surface area contributed by atoms with Crippen LogP contribution in [0.4, 0.5) is 4.79 Å². The van der Waals surface area contributed by atoms with Gasteiger partial charge in [0.15, 0.2) is 5.82 Å². The third-order valence-corrected chi connectivity index (χ3v) is 4.66. The molecule has 0 saturated carbocycles. The maximum atomic E-state index is 12.7. The Morgan fingerprint density at radius 2 is 2.15 bits per heavy atom. The summed E-state index contributed by atoms with van der Waals surface area (Å²) in [6.45, 7) is 5.28. The van der Waals surface area contributed by atoms with Crippen LogP contribution in [0.1, 0.15) is 54.0 Å². The number of hydrogen-bond donors (Lipinski definition) is 1. The van der Waals surface area contributed by atoms with Crippen LogP contribution in [-0.4, -0.2) is 46.5 Å².